The van der Waals surface area contributed by atoms with E-state index in [2.05, 4.69) is 35.2 Å². The molecular weight excluding hydrogens is 359 g/mol. The summed E-state index contributed by atoms with van der Waals surface area (Å²) in [5, 5.41) is 5.57. The average Bonchev–Trinajstić information content (AvgIpc) is 2.97. The molecule has 25 heavy (non-hydrogen) atoms. The quantitative estimate of drug-likeness (QED) is 0.794. The van der Waals surface area contributed by atoms with Crippen molar-refractivity contribution in [3.8, 4) is 0 Å². The number of hydrogen-bond donors (Lipinski definition) is 0. The molecule has 1 fully saturated rings. The number of hydrogen-bond acceptors (Lipinski definition) is 4. The van der Waals surface area contributed by atoms with Gasteiger partial charge in [0.2, 0.25) is 0 Å². The lowest BCUT2D eigenvalue weighted by atomic mass is 9.99. The fourth-order valence-electron chi connectivity index (χ4n) is 3.38. The lowest BCUT2D eigenvalue weighted by Gasteiger charge is -2.42. The second-order valence-electron chi connectivity index (χ2n) is 6.75. The van der Waals surface area contributed by atoms with Crippen LogP contribution in [0, 0.1) is 0 Å². The molecule has 1 aliphatic rings. The zero-order chi connectivity index (χ0) is 18.0. The Morgan fingerprint density at radius 3 is 2.80 bits per heavy atom. The Morgan fingerprint density at radius 2 is 2.12 bits per heavy atom. The number of morpholine rings is 1. The smallest absolute Gasteiger partial charge is 0.0900 e. The first-order valence-electron chi connectivity index (χ1n) is 8.37. The van der Waals surface area contributed by atoms with Crippen LogP contribution in [-0.4, -0.2) is 59.5 Å². The Kier molecular flexibility index (Phi) is 6.02. The molecule has 2 heterocycles. The first-order valence-corrected chi connectivity index (χ1v) is 9.13. The van der Waals surface area contributed by atoms with Crippen molar-refractivity contribution in [2.45, 2.75) is 18.7 Å². The summed E-state index contributed by atoms with van der Waals surface area (Å²) in [5.41, 5.74) is 2.20. The second-order valence-corrected chi connectivity index (χ2v) is 7.53. The van der Waals surface area contributed by atoms with Gasteiger partial charge >= 0.3 is 0 Å². The third-order valence-corrected chi connectivity index (χ3v) is 5.33. The Balaban J connectivity index is 1.90. The van der Waals surface area contributed by atoms with E-state index in [9.17, 15) is 0 Å². The molecule has 7 heteroatoms. The molecule has 0 amide bonds. The van der Waals surface area contributed by atoms with E-state index in [4.69, 9.17) is 27.9 Å². The van der Waals surface area contributed by atoms with Gasteiger partial charge in [-0.1, -0.05) is 35.3 Å². The summed E-state index contributed by atoms with van der Waals surface area (Å²) in [6.45, 7) is 3.12. The van der Waals surface area contributed by atoms with Crippen molar-refractivity contribution in [1.82, 2.24) is 19.6 Å². The molecule has 0 bridgehead atoms. The predicted molar refractivity (Wildman–Crippen MR) is 101 cm³/mol. The van der Waals surface area contributed by atoms with Gasteiger partial charge in [-0.15, -0.1) is 0 Å². The highest BCUT2D eigenvalue weighted by Gasteiger charge is 2.35. The number of rotatable bonds is 5. The first kappa shape index (κ1) is 18.7. The summed E-state index contributed by atoms with van der Waals surface area (Å²) in [7, 11) is 6.07. The molecule has 1 aromatic heterocycles. The monoisotopic (exact) mass is 382 g/mol. The van der Waals surface area contributed by atoms with Crippen molar-refractivity contribution in [2.24, 2.45) is 7.05 Å². The molecule has 0 saturated carbocycles. The standard InChI is InChI=1S/C18H24Cl2N4O/c1-22(2)12-16-18(14-9-21-23(3)10-14)24(7-8-25-16)11-13-5-4-6-15(19)17(13)20/h4-6,9-10,16,18H,7-8,11-12H2,1-3H3/t16-,18-/m0/s1. The van der Waals surface area contributed by atoms with Gasteiger partial charge < -0.3 is 9.64 Å². The van der Waals surface area contributed by atoms with Gasteiger partial charge in [0.15, 0.2) is 0 Å². The van der Waals surface area contributed by atoms with Crippen LogP contribution < -0.4 is 0 Å². The SMILES string of the molecule is CN(C)C[C@@H]1OCCN(Cc2cccc(Cl)c2Cl)[C@H]1c1cnn(C)c1. The molecule has 1 aliphatic heterocycles. The average molecular weight is 383 g/mol. The number of halogens is 2. The van der Waals surface area contributed by atoms with Crippen LogP contribution in [-0.2, 0) is 18.3 Å². The van der Waals surface area contributed by atoms with Crippen LogP contribution >= 0.6 is 23.2 Å². The van der Waals surface area contributed by atoms with Crippen molar-refractivity contribution in [1.29, 1.82) is 0 Å². The molecule has 0 unspecified atom stereocenters. The Labute approximate surface area is 159 Å². The van der Waals surface area contributed by atoms with Gasteiger partial charge in [-0.05, 0) is 25.7 Å². The minimum absolute atomic E-state index is 0.0749. The van der Waals surface area contributed by atoms with Crippen molar-refractivity contribution >= 4 is 23.2 Å². The summed E-state index contributed by atoms with van der Waals surface area (Å²) in [5.74, 6) is 0. The highest BCUT2D eigenvalue weighted by atomic mass is 35.5. The number of aryl methyl sites for hydroxylation is 1. The van der Waals surface area contributed by atoms with Crippen LogP contribution in [0.15, 0.2) is 30.6 Å². The van der Waals surface area contributed by atoms with Crippen LogP contribution in [0.3, 0.4) is 0 Å². The van der Waals surface area contributed by atoms with Gasteiger partial charge in [0.05, 0.1) is 35.0 Å². The minimum atomic E-state index is 0.0749. The normalized spacial score (nSPS) is 21.8. The number of ether oxygens (including phenoxy) is 1. The number of benzene rings is 1. The summed E-state index contributed by atoms with van der Waals surface area (Å²) in [4.78, 5) is 4.57. The third kappa shape index (κ3) is 4.36. The fourth-order valence-corrected chi connectivity index (χ4v) is 3.76. The minimum Gasteiger partial charge on any atom is -0.374 e. The maximum absolute atomic E-state index is 6.42. The van der Waals surface area contributed by atoms with Crippen LogP contribution in [0.1, 0.15) is 17.2 Å². The van der Waals surface area contributed by atoms with Crippen LogP contribution in [0.2, 0.25) is 10.0 Å². The summed E-state index contributed by atoms with van der Waals surface area (Å²) in [6, 6.07) is 5.92. The van der Waals surface area contributed by atoms with E-state index in [0.717, 1.165) is 30.8 Å². The van der Waals surface area contributed by atoms with Gasteiger partial charge in [0.1, 0.15) is 0 Å². The number of nitrogens with zero attached hydrogens (tertiary/aromatic N) is 4. The van der Waals surface area contributed by atoms with Crippen LogP contribution in [0.25, 0.3) is 0 Å². The Bertz CT molecular complexity index is 719. The molecule has 0 aliphatic carbocycles. The molecule has 0 radical (unpaired) electrons. The van der Waals surface area contributed by atoms with Crippen molar-refractivity contribution in [3.05, 3.63) is 51.8 Å². The van der Waals surface area contributed by atoms with E-state index in [0.29, 0.717) is 16.7 Å². The maximum atomic E-state index is 6.42. The largest absolute Gasteiger partial charge is 0.374 e. The van der Waals surface area contributed by atoms with Gasteiger partial charge in [-0.2, -0.15) is 5.10 Å². The molecule has 1 aromatic carbocycles. The second kappa shape index (κ2) is 8.06. The highest BCUT2D eigenvalue weighted by molar-refractivity contribution is 6.42. The van der Waals surface area contributed by atoms with Gasteiger partial charge in [0, 0.05) is 38.4 Å². The molecule has 0 spiro atoms. The van der Waals surface area contributed by atoms with Crippen LogP contribution in [0.5, 0.6) is 0 Å². The molecule has 1 saturated heterocycles. The molecule has 2 aromatic rings. The lowest BCUT2D eigenvalue weighted by molar-refractivity contribution is -0.0838. The first-order chi connectivity index (χ1) is 12.0. The highest BCUT2D eigenvalue weighted by Crippen LogP contribution is 2.33. The zero-order valence-electron chi connectivity index (χ0n) is 14.8. The van der Waals surface area contributed by atoms with Crippen molar-refractivity contribution in [2.75, 3.05) is 33.8 Å². The van der Waals surface area contributed by atoms with Gasteiger partial charge in [0.25, 0.3) is 0 Å². The Morgan fingerprint density at radius 1 is 1.32 bits per heavy atom. The van der Waals surface area contributed by atoms with Crippen molar-refractivity contribution in [3.63, 3.8) is 0 Å². The van der Waals surface area contributed by atoms with Crippen LogP contribution in [0.4, 0.5) is 0 Å². The summed E-state index contributed by atoms with van der Waals surface area (Å²) >= 11 is 12.6. The van der Waals surface area contributed by atoms with E-state index in [1.54, 1.807) is 0 Å². The predicted octanol–water partition coefficient (Wildman–Crippen LogP) is 3.23. The maximum Gasteiger partial charge on any atom is 0.0900 e. The van der Waals surface area contributed by atoms with Crippen molar-refractivity contribution < 1.29 is 4.74 Å². The zero-order valence-corrected chi connectivity index (χ0v) is 16.3. The molecule has 3 rings (SSSR count). The molecule has 2 atom stereocenters. The molecule has 0 N–H and O–H groups in total. The molecule has 5 nitrogen and oxygen atoms in total. The van der Waals surface area contributed by atoms with E-state index >= 15 is 0 Å². The third-order valence-electron chi connectivity index (χ3n) is 4.47. The fraction of sp³-hybridized carbons (Fsp3) is 0.500. The number of likely N-dealkylation sites (N-methyl/N-ethyl adjacent to an activating group) is 1. The topological polar surface area (TPSA) is 33.5 Å². The van der Waals surface area contributed by atoms with E-state index in [-0.39, 0.29) is 12.1 Å². The van der Waals surface area contributed by atoms with E-state index in [1.165, 1.54) is 0 Å². The molecular formula is C18H24Cl2N4O. The lowest BCUT2D eigenvalue weighted by Crippen LogP contribution is -2.48. The van der Waals surface area contributed by atoms with E-state index < -0.39 is 0 Å². The van der Waals surface area contributed by atoms with Gasteiger partial charge in [-0.3, -0.25) is 9.58 Å². The summed E-state index contributed by atoms with van der Waals surface area (Å²) < 4.78 is 7.94. The van der Waals surface area contributed by atoms with Gasteiger partial charge in [-0.25, -0.2) is 0 Å². The molecule has 136 valence electrons. The Hall–Kier alpha value is -1.11. The summed E-state index contributed by atoms with van der Waals surface area (Å²) in [6.07, 6.45) is 4.06. The van der Waals surface area contributed by atoms with E-state index in [1.807, 2.05) is 36.1 Å². The number of aromatic nitrogens is 2.